The molecule has 0 aromatic carbocycles. The number of fused-ring (bicyclic) bond motifs is 3. The van der Waals surface area contributed by atoms with Gasteiger partial charge in [-0.15, -0.1) is 0 Å². The molecule has 0 spiro atoms. The summed E-state index contributed by atoms with van der Waals surface area (Å²) in [5.41, 5.74) is 3.40. The van der Waals surface area contributed by atoms with Gasteiger partial charge in [0.1, 0.15) is 5.78 Å². The van der Waals surface area contributed by atoms with E-state index < -0.39 is 0 Å². The Morgan fingerprint density at radius 1 is 1.35 bits per heavy atom. The summed E-state index contributed by atoms with van der Waals surface area (Å²) >= 11 is 0. The smallest absolute Gasteiger partial charge is 0.137 e. The maximum atomic E-state index is 12.0. The summed E-state index contributed by atoms with van der Waals surface area (Å²) in [5.74, 6) is 5.69. The van der Waals surface area contributed by atoms with Crippen LogP contribution in [0.4, 0.5) is 0 Å². The van der Waals surface area contributed by atoms with Gasteiger partial charge in [0.15, 0.2) is 0 Å². The third kappa shape index (κ3) is 1.73. The first-order valence-electron chi connectivity index (χ1n) is 9.70. The molecule has 0 amide bonds. The van der Waals surface area contributed by atoms with Crippen molar-refractivity contribution in [3.05, 3.63) is 23.0 Å². The lowest BCUT2D eigenvalue weighted by molar-refractivity contribution is -0.122. The molecule has 2 nitrogen and oxygen atoms in total. The van der Waals surface area contributed by atoms with Gasteiger partial charge in [-0.3, -0.25) is 4.79 Å². The van der Waals surface area contributed by atoms with Crippen molar-refractivity contribution in [2.75, 3.05) is 6.61 Å². The van der Waals surface area contributed by atoms with Crippen LogP contribution in [-0.4, -0.2) is 12.4 Å². The maximum absolute atomic E-state index is 12.0. The van der Waals surface area contributed by atoms with Crippen LogP contribution in [0.15, 0.2) is 23.0 Å². The fraction of sp³-hybridized carbons (Fsp3) is 0.762. The van der Waals surface area contributed by atoms with Gasteiger partial charge in [-0.25, -0.2) is 0 Å². The zero-order valence-electron chi connectivity index (χ0n) is 14.4. The number of hydrogen-bond acceptors (Lipinski definition) is 2. The third-order valence-corrected chi connectivity index (χ3v) is 8.05. The minimum Gasteiger partial charge on any atom is -0.497 e. The van der Waals surface area contributed by atoms with Crippen molar-refractivity contribution in [1.82, 2.24) is 0 Å². The van der Waals surface area contributed by atoms with Crippen molar-refractivity contribution in [3.8, 4) is 0 Å². The zero-order chi connectivity index (χ0) is 15.8. The highest BCUT2D eigenvalue weighted by atomic mass is 16.5. The molecule has 5 aliphatic rings. The maximum Gasteiger partial charge on any atom is 0.137 e. The number of rotatable bonds is 1. The molecule has 4 aliphatic carbocycles. The highest BCUT2D eigenvalue weighted by Crippen LogP contribution is 2.66. The Kier molecular flexibility index (Phi) is 2.95. The van der Waals surface area contributed by atoms with Crippen LogP contribution < -0.4 is 0 Å². The third-order valence-electron chi connectivity index (χ3n) is 8.05. The number of hydrogen-bond donors (Lipinski definition) is 0. The van der Waals surface area contributed by atoms with E-state index in [9.17, 15) is 4.79 Å². The monoisotopic (exact) mass is 312 g/mol. The highest BCUT2D eigenvalue weighted by molar-refractivity contribution is 5.83. The SMILES string of the molecule is CCC1=CCC2C3CC4=C5CC(=O)CC[C@]5(CO4)C3C[C@@H](C)C12. The first-order valence-corrected chi connectivity index (χ1v) is 9.70. The molecule has 124 valence electrons. The number of ketones is 1. The molecule has 6 atom stereocenters. The van der Waals surface area contributed by atoms with Crippen molar-refractivity contribution < 1.29 is 9.53 Å². The van der Waals surface area contributed by atoms with Gasteiger partial charge < -0.3 is 4.74 Å². The van der Waals surface area contributed by atoms with Crippen LogP contribution in [-0.2, 0) is 9.53 Å². The molecular weight excluding hydrogens is 284 g/mol. The zero-order valence-corrected chi connectivity index (χ0v) is 14.4. The van der Waals surface area contributed by atoms with Gasteiger partial charge >= 0.3 is 0 Å². The van der Waals surface area contributed by atoms with Crippen molar-refractivity contribution >= 4 is 5.78 Å². The van der Waals surface area contributed by atoms with Gasteiger partial charge in [0, 0.05) is 24.7 Å². The molecule has 2 bridgehead atoms. The summed E-state index contributed by atoms with van der Waals surface area (Å²) in [6.45, 7) is 5.69. The average molecular weight is 312 g/mol. The minimum atomic E-state index is 0.236. The fourth-order valence-corrected chi connectivity index (χ4v) is 7.13. The molecule has 0 N–H and O–H groups in total. The number of Topliss-reactive ketones (excluding diaryl/α,β-unsaturated/α-hetero) is 1. The Morgan fingerprint density at radius 2 is 2.22 bits per heavy atom. The van der Waals surface area contributed by atoms with Crippen molar-refractivity contribution in [2.45, 2.75) is 58.8 Å². The lowest BCUT2D eigenvalue weighted by Crippen LogP contribution is -2.50. The van der Waals surface area contributed by atoms with Crippen LogP contribution in [0.3, 0.4) is 0 Å². The van der Waals surface area contributed by atoms with Crippen LogP contribution in [0.1, 0.15) is 58.8 Å². The van der Waals surface area contributed by atoms with E-state index in [2.05, 4.69) is 19.9 Å². The van der Waals surface area contributed by atoms with Gasteiger partial charge in [-0.2, -0.15) is 0 Å². The van der Waals surface area contributed by atoms with E-state index >= 15 is 0 Å². The highest BCUT2D eigenvalue weighted by Gasteiger charge is 2.61. The van der Waals surface area contributed by atoms with Crippen LogP contribution in [0.2, 0.25) is 0 Å². The molecule has 0 saturated heterocycles. The summed E-state index contributed by atoms with van der Waals surface area (Å²) in [6, 6.07) is 0. The lowest BCUT2D eigenvalue weighted by Gasteiger charge is -2.54. The molecule has 23 heavy (non-hydrogen) atoms. The van der Waals surface area contributed by atoms with Gasteiger partial charge in [0.2, 0.25) is 0 Å². The van der Waals surface area contributed by atoms with Crippen LogP contribution in [0.5, 0.6) is 0 Å². The lowest BCUT2D eigenvalue weighted by atomic mass is 9.48. The van der Waals surface area contributed by atoms with Crippen molar-refractivity contribution in [2.24, 2.45) is 35.0 Å². The second kappa shape index (κ2) is 4.74. The molecule has 2 heteroatoms. The first kappa shape index (κ1) is 14.3. The Hall–Kier alpha value is -1.05. The number of carbonyl (C=O) groups is 1. The molecule has 0 aromatic heterocycles. The Bertz CT molecular complexity index is 628. The summed E-state index contributed by atoms with van der Waals surface area (Å²) in [7, 11) is 0. The predicted octanol–water partition coefficient (Wildman–Crippen LogP) is 4.66. The van der Waals surface area contributed by atoms with Gasteiger partial charge in [-0.05, 0) is 60.8 Å². The molecule has 2 fully saturated rings. The molecule has 1 heterocycles. The quantitative estimate of drug-likeness (QED) is 0.658. The summed E-state index contributed by atoms with van der Waals surface area (Å²) < 4.78 is 6.20. The largest absolute Gasteiger partial charge is 0.497 e. The normalized spacial score (nSPS) is 47.7. The standard InChI is InChI=1S/C21H28O2/c1-3-13-4-5-15-16-10-19-18-9-14(22)6-7-21(18,11-23-19)17(16)8-12(2)20(13)15/h4,12,15-17,20H,3,5-11H2,1-2H3/t12-,15?,16?,17?,20?,21+/m1/s1. The Morgan fingerprint density at radius 3 is 3.04 bits per heavy atom. The second-order valence-corrected chi connectivity index (χ2v) is 8.81. The summed E-state index contributed by atoms with van der Waals surface area (Å²) in [6.07, 6.45) is 10.1. The number of allylic oxidation sites excluding steroid dienone is 3. The molecule has 0 radical (unpaired) electrons. The topological polar surface area (TPSA) is 26.3 Å². The van der Waals surface area contributed by atoms with Gasteiger partial charge in [-0.1, -0.05) is 25.5 Å². The molecule has 4 unspecified atom stereocenters. The van der Waals surface area contributed by atoms with E-state index in [1.165, 1.54) is 30.6 Å². The van der Waals surface area contributed by atoms with E-state index in [1.807, 2.05) is 0 Å². The molecule has 2 saturated carbocycles. The van der Waals surface area contributed by atoms with Gasteiger partial charge in [0.05, 0.1) is 12.4 Å². The fourth-order valence-electron chi connectivity index (χ4n) is 7.13. The Balaban J connectivity index is 1.55. The van der Waals surface area contributed by atoms with E-state index in [1.54, 1.807) is 5.57 Å². The van der Waals surface area contributed by atoms with E-state index in [0.717, 1.165) is 55.5 Å². The van der Waals surface area contributed by atoms with E-state index in [-0.39, 0.29) is 5.41 Å². The molecular formula is C21H28O2. The average Bonchev–Trinajstić information content (AvgIpc) is 3.09. The first-order chi connectivity index (χ1) is 11.1. The second-order valence-electron chi connectivity index (χ2n) is 8.81. The van der Waals surface area contributed by atoms with E-state index in [4.69, 9.17) is 4.74 Å². The number of carbonyl (C=O) groups excluding carboxylic acids is 1. The van der Waals surface area contributed by atoms with E-state index in [0.29, 0.717) is 12.2 Å². The summed E-state index contributed by atoms with van der Waals surface area (Å²) in [4.78, 5) is 12.0. The molecule has 5 rings (SSSR count). The predicted molar refractivity (Wildman–Crippen MR) is 89.6 cm³/mol. The Labute approximate surface area is 139 Å². The van der Waals surface area contributed by atoms with Crippen LogP contribution in [0, 0.1) is 35.0 Å². The van der Waals surface area contributed by atoms with Crippen molar-refractivity contribution in [1.29, 1.82) is 0 Å². The molecule has 0 aromatic rings. The van der Waals surface area contributed by atoms with Crippen molar-refractivity contribution in [3.63, 3.8) is 0 Å². The summed E-state index contributed by atoms with van der Waals surface area (Å²) in [5, 5.41) is 0. The molecule has 1 aliphatic heterocycles. The van der Waals surface area contributed by atoms with Crippen LogP contribution >= 0.6 is 0 Å². The van der Waals surface area contributed by atoms with Crippen LogP contribution in [0.25, 0.3) is 0 Å². The minimum absolute atomic E-state index is 0.236. The van der Waals surface area contributed by atoms with Gasteiger partial charge in [0.25, 0.3) is 0 Å². The number of ether oxygens (including phenoxy) is 1.